The maximum atomic E-state index is 12.7. The molecule has 1 N–H and O–H groups in total. The molecule has 1 fully saturated rings. The van der Waals surface area contributed by atoms with E-state index >= 15 is 0 Å². The van der Waals surface area contributed by atoms with Crippen LogP contribution >= 0.6 is 0 Å². The fourth-order valence-electron chi connectivity index (χ4n) is 2.71. The number of nitrogens with zero attached hydrogens (tertiary/aromatic N) is 1. The Labute approximate surface area is 145 Å². The van der Waals surface area contributed by atoms with Crippen LogP contribution in [0.5, 0.6) is 0 Å². The molecular weight excluding hydrogens is 357 g/mol. The van der Waals surface area contributed by atoms with Gasteiger partial charge >= 0.3 is 6.18 Å². The first-order valence-corrected chi connectivity index (χ1v) is 9.36. The van der Waals surface area contributed by atoms with Crippen molar-refractivity contribution in [2.24, 2.45) is 5.92 Å². The van der Waals surface area contributed by atoms with Crippen LogP contribution < -0.4 is 5.32 Å². The third-order valence-corrected chi connectivity index (χ3v) is 6.30. The van der Waals surface area contributed by atoms with Gasteiger partial charge in [-0.1, -0.05) is 6.07 Å². The van der Waals surface area contributed by atoms with Crippen molar-refractivity contribution >= 4 is 15.9 Å². The number of rotatable bonds is 4. The van der Waals surface area contributed by atoms with Crippen molar-refractivity contribution in [3.8, 4) is 0 Å². The van der Waals surface area contributed by atoms with Crippen molar-refractivity contribution in [2.75, 3.05) is 19.6 Å². The number of amides is 1. The first kappa shape index (κ1) is 19.7. The Kier molecular flexibility index (Phi) is 5.78. The van der Waals surface area contributed by atoms with E-state index in [0.717, 1.165) is 11.1 Å². The molecular formula is C16H21F3N2O3S. The van der Waals surface area contributed by atoms with Gasteiger partial charge in [0.25, 0.3) is 0 Å². The fourth-order valence-corrected chi connectivity index (χ4v) is 4.27. The van der Waals surface area contributed by atoms with Crippen molar-refractivity contribution in [1.82, 2.24) is 9.62 Å². The zero-order valence-corrected chi connectivity index (χ0v) is 14.9. The molecule has 1 saturated heterocycles. The molecule has 0 atom stereocenters. The van der Waals surface area contributed by atoms with E-state index in [-0.39, 0.29) is 30.8 Å². The number of halogens is 3. The van der Waals surface area contributed by atoms with Crippen molar-refractivity contribution in [3.63, 3.8) is 0 Å². The monoisotopic (exact) mass is 378 g/mol. The molecule has 1 aromatic carbocycles. The highest BCUT2D eigenvalue weighted by Crippen LogP contribution is 2.25. The first-order valence-electron chi connectivity index (χ1n) is 7.92. The summed E-state index contributed by atoms with van der Waals surface area (Å²) in [6, 6.07) is 4.88. The molecule has 1 amide bonds. The molecule has 25 heavy (non-hydrogen) atoms. The van der Waals surface area contributed by atoms with Crippen LogP contribution in [0.25, 0.3) is 0 Å². The Hall–Kier alpha value is -1.61. The van der Waals surface area contributed by atoms with Gasteiger partial charge in [-0.2, -0.15) is 17.5 Å². The lowest BCUT2D eigenvalue weighted by molar-refractivity contribution is -0.141. The average Bonchev–Trinajstić information content (AvgIpc) is 2.54. The van der Waals surface area contributed by atoms with Crippen LogP contribution in [-0.4, -0.2) is 44.4 Å². The van der Waals surface area contributed by atoms with Gasteiger partial charge in [-0.05, 0) is 49.9 Å². The molecule has 140 valence electrons. The number of alkyl halides is 3. The van der Waals surface area contributed by atoms with Crippen LogP contribution in [-0.2, 0) is 14.8 Å². The number of aryl methyl sites for hydroxylation is 2. The number of carbonyl (C=O) groups excluding carboxylic acids is 1. The summed E-state index contributed by atoms with van der Waals surface area (Å²) in [6.45, 7) is 2.56. The zero-order valence-electron chi connectivity index (χ0n) is 14.1. The number of carbonyl (C=O) groups is 1. The number of piperidine rings is 1. The molecule has 1 heterocycles. The standard InChI is InChI=1S/C16H21F3N2O3S/c1-11-3-4-14(9-12(11)2)25(23,24)21-7-5-13(6-8-21)15(22)20-10-16(17,18)19/h3-4,9,13H,5-8,10H2,1-2H3,(H,20,22). The van der Waals surface area contributed by atoms with E-state index in [1.807, 2.05) is 19.2 Å². The maximum Gasteiger partial charge on any atom is 0.405 e. The second-order valence-corrected chi connectivity index (χ2v) is 8.20. The summed E-state index contributed by atoms with van der Waals surface area (Å²) < 4.78 is 63.0. The number of hydrogen-bond donors (Lipinski definition) is 1. The number of hydrogen-bond acceptors (Lipinski definition) is 3. The fraction of sp³-hybridized carbons (Fsp3) is 0.562. The lowest BCUT2D eigenvalue weighted by Gasteiger charge is -2.30. The molecule has 0 saturated carbocycles. The summed E-state index contributed by atoms with van der Waals surface area (Å²) in [5.41, 5.74) is 1.85. The smallest absolute Gasteiger partial charge is 0.347 e. The Balaban J connectivity index is 1.99. The number of sulfonamides is 1. The highest BCUT2D eigenvalue weighted by atomic mass is 32.2. The topological polar surface area (TPSA) is 66.5 Å². The van der Waals surface area contributed by atoms with Crippen LogP contribution in [0.1, 0.15) is 24.0 Å². The predicted molar refractivity (Wildman–Crippen MR) is 86.5 cm³/mol. The zero-order chi connectivity index (χ0) is 18.8. The third-order valence-electron chi connectivity index (χ3n) is 4.40. The quantitative estimate of drug-likeness (QED) is 0.875. The molecule has 0 spiro atoms. The lowest BCUT2D eigenvalue weighted by Crippen LogP contribution is -2.44. The minimum absolute atomic E-state index is 0.110. The van der Waals surface area contributed by atoms with E-state index in [2.05, 4.69) is 0 Å². The van der Waals surface area contributed by atoms with E-state index in [9.17, 15) is 26.4 Å². The molecule has 1 aliphatic rings. The maximum absolute atomic E-state index is 12.7. The van der Waals surface area contributed by atoms with Gasteiger partial charge in [0.15, 0.2) is 0 Å². The molecule has 0 unspecified atom stereocenters. The second-order valence-electron chi connectivity index (χ2n) is 6.26. The van der Waals surface area contributed by atoms with Gasteiger partial charge in [0, 0.05) is 19.0 Å². The molecule has 0 bridgehead atoms. The lowest BCUT2D eigenvalue weighted by atomic mass is 9.97. The number of nitrogens with one attached hydrogen (secondary N) is 1. The molecule has 1 aromatic rings. The average molecular weight is 378 g/mol. The summed E-state index contributed by atoms with van der Waals surface area (Å²) in [7, 11) is -3.66. The summed E-state index contributed by atoms with van der Waals surface area (Å²) in [4.78, 5) is 12.0. The predicted octanol–water partition coefficient (Wildman–Crippen LogP) is 2.38. The van der Waals surface area contributed by atoms with Gasteiger partial charge in [0.05, 0.1) is 4.90 Å². The van der Waals surface area contributed by atoms with Crippen molar-refractivity contribution in [3.05, 3.63) is 29.3 Å². The highest BCUT2D eigenvalue weighted by molar-refractivity contribution is 7.89. The van der Waals surface area contributed by atoms with E-state index in [1.54, 1.807) is 18.2 Å². The van der Waals surface area contributed by atoms with Gasteiger partial charge < -0.3 is 5.32 Å². The molecule has 0 aliphatic carbocycles. The normalized spacial score (nSPS) is 17.5. The second kappa shape index (κ2) is 7.33. The minimum Gasteiger partial charge on any atom is -0.347 e. The van der Waals surface area contributed by atoms with Crippen molar-refractivity contribution in [1.29, 1.82) is 0 Å². The highest BCUT2D eigenvalue weighted by Gasteiger charge is 2.34. The van der Waals surface area contributed by atoms with Gasteiger partial charge in [0.1, 0.15) is 6.54 Å². The van der Waals surface area contributed by atoms with Crippen LogP contribution in [0.3, 0.4) is 0 Å². The Bertz CT molecular complexity index is 739. The van der Waals surface area contributed by atoms with Crippen molar-refractivity contribution < 1.29 is 26.4 Å². The molecule has 2 rings (SSSR count). The summed E-state index contributed by atoms with van der Waals surface area (Å²) in [6.07, 6.45) is -4.05. The molecule has 5 nitrogen and oxygen atoms in total. The van der Waals surface area contributed by atoms with E-state index in [0.29, 0.717) is 0 Å². The summed E-state index contributed by atoms with van der Waals surface area (Å²) in [5.74, 6) is -1.28. The van der Waals surface area contributed by atoms with Crippen LogP contribution in [0.4, 0.5) is 13.2 Å². The molecule has 9 heteroatoms. The van der Waals surface area contributed by atoms with E-state index in [1.165, 1.54) is 4.31 Å². The summed E-state index contributed by atoms with van der Waals surface area (Å²) in [5, 5.41) is 1.86. The van der Waals surface area contributed by atoms with Crippen LogP contribution in [0.2, 0.25) is 0 Å². The first-order chi connectivity index (χ1) is 11.5. The SMILES string of the molecule is Cc1ccc(S(=O)(=O)N2CCC(C(=O)NCC(F)(F)F)CC2)cc1C. The Morgan fingerprint density at radius 1 is 1.20 bits per heavy atom. The van der Waals surface area contributed by atoms with Crippen molar-refractivity contribution in [2.45, 2.75) is 37.8 Å². The van der Waals surface area contributed by atoms with Gasteiger partial charge in [-0.15, -0.1) is 0 Å². The molecule has 1 aliphatic heterocycles. The molecule has 0 aromatic heterocycles. The van der Waals surface area contributed by atoms with E-state index < -0.39 is 34.6 Å². The minimum atomic E-state index is -4.46. The van der Waals surface area contributed by atoms with Gasteiger partial charge in [0.2, 0.25) is 15.9 Å². The van der Waals surface area contributed by atoms with Crippen LogP contribution in [0, 0.1) is 19.8 Å². The largest absolute Gasteiger partial charge is 0.405 e. The van der Waals surface area contributed by atoms with Gasteiger partial charge in [-0.3, -0.25) is 4.79 Å². The number of benzene rings is 1. The van der Waals surface area contributed by atoms with E-state index in [4.69, 9.17) is 0 Å². The Morgan fingerprint density at radius 3 is 2.32 bits per heavy atom. The van der Waals surface area contributed by atoms with Crippen LogP contribution in [0.15, 0.2) is 23.1 Å². The third kappa shape index (κ3) is 4.94. The Morgan fingerprint density at radius 2 is 1.80 bits per heavy atom. The molecule has 0 radical (unpaired) electrons. The summed E-state index contributed by atoms with van der Waals surface area (Å²) >= 11 is 0. The van der Waals surface area contributed by atoms with Gasteiger partial charge in [-0.25, -0.2) is 8.42 Å².